The van der Waals surface area contributed by atoms with Crippen molar-refractivity contribution in [3.8, 4) is 17.1 Å². The predicted octanol–water partition coefficient (Wildman–Crippen LogP) is 4.30. The van der Waals surface area contributed by atoms with Gasteiger partial charge in [0.2, 0.25) is 0 Å². The van der Waals surface area contributed by atoms with E-state index in [0.717, 1.165) is 42.2 Å². The molecule has 1 aliphatic heterocycles. The summed E-state index contributed by atoms with van der Waals surface area (Å²) in [7, 11) is 0. The Bertz CT molecular complexity index is 1620. The maximum absolute atomic E-state index is 13.5. The van der Waals surface area contributed by atoms with Crippen LogP contribution in [-0.2, 0) is 39.4 Å². The van der Waals surface area contributed by atoms with E-state index >= 15 is 0 Å². The number of unbranched alkanes of at least 4 members (excludes halogenated alkanes) is 4. The highest BCUT2D eigenvalue weighted by Gasteiger charge is 2.43. The van der Waals surface area contributed by atoms with Gasteiger partial charge in [-0.1, -0.05) is 33.1 Å². The Kier molecular flexibility index (Phi) is 8.70. The first kappa shape index (κ1) is 29.8. The van der Waals surface area contributed by atoms with Crippen molar-refractivity contribution in [3.05, 3.63) is 56.9 Å². The number of ketones is 2. The third-order valence-electron chi connectivity index (χ3n) is 8.73. The Morgan fingerprint density at radius 1 is 1.02 bits per heavy atom. The fourth-order valence-corrected chi connectivity index (χ4v) is 6.31. The molecule has 1 aliphatic carbocycles. The minimum atomic E-state index is -1.66. The monoisotopic (exact) mass is 574 g/mol. The van der Waals surface area contributed by atoms with Crippen molar-refractivity contribution in [1.82, 2.24) is 9.55 Å². The first-order chi connectivity index (χ1) is 20.2. The maximum Gasteiger partial charge on any atom is 0.311 e. The van der Waals surface area contributed by atoms with Gasteiger partial charge in [-0.15, -0.1) is 0 Å². The van der Waals surface area contributed by atoms with Gasteiger partial charge in [0, 0.05) is 46.9 Å². The molecule has 0 saturated heterocycles. The van der Waals surface area contributed by atoms with Gasteiger partial charge in [0.15, 0.2) is 11.6 Å². The molecule has 42 heavy (non-hydrogen) atoms. The van der Waals surface area contributed by atoms with Gasteiger partial charge in [0.1, 0.15) is 18.0 Å². The van der Waals surface area contributed by atoms with E-state index in [0.29, 0.717) is 72.4 Å². The number of hydrogen-bond donors (Lipinski definition) is 2. The van der Waals surface area contributed by atoms with Crippen LogP contribution in [0.15, 0.2) is 29.1 Å². The molecule has 0 radical (unpaired) electrons. The molecule has 9 heteroatoms. The molecule has 3 aromatic rings. The lowest BCUT2D eigenvalue weighted by atomic mass is 9.77. The van der Waals surface area contributed by atoms with Crippen molar-refractivity contribution >= 4 is 28.4 Å². The van der Waals surface area contributed by atoms with E-state index in [1.807, 2.05) is 19.1 Å². The Balaban J connectivity index is 1.34. The van der Waals surface area contributed by atoms with Crippen LogP contribution in [0.25, 0.3) is 22.3 Å². The Labute approximate surface area is 244 Å². The Morgan fingerprint density at radius 3 is 2.48 bits per heavy atom. The summed E-state index contributed by atoms with van der Waals surface area (Å²) >= 11 is 0. The van der Waals surface area contributed by atoms with Gasteiger partial charge in [-0.2, -0.15) is 0 Å². The number of ether oxygens (including phenoxy) is 1. The molecule has 0 unspecified atom stereocenters. The van der Waals surface area contributed by atoms with Gasteiger partial charge in [-0.3, -0.25) is 19.2 Å². The van der Waals surface area contributed by atoms with E-state index in [4.69, 9.17) is 14.8 Å². The van der Waals surface area contributed by atoms with Crippen LogP contribution in [0.2, 0.25) is 0 Å². The SMILES string of the molecule is CCc1c(OC(=O)CCCCCCCC(=O)CO)ccc2nc3c(cc12)Cn1c-3cc2c(c1=O)CCC(=O)[C@]2(O)CC. The molecule has 9 nitrogen and oxygen atoms in total. The average Bonchev–Trinajstić information content (AvgIpc) is 3.35. The lowest BCUT2D eigenvalue weighted by Gasteiger charge is -2.32. The predicted molar refractivity (Wildman–Crippen MR) is 157 cm³/mol. The van der Waals surface area contributed by atoms with E-state index in [-0.39, 0.29) is 35.9 Å². The van der Waals surface area contributed by atoms with E-state index in [2.05, 4.69) is 0 Å². The largest absolute Gasteiger partial charge is 0.426 e. The summed E-state index contributed by atoms with van der Waals surface area (Å²) in [5.41, 5.74) is 2.78. The topological polar surface area (TPSA) is 136 Å². The van der Waals surface area contributed by atoms with Crippen molar-refractivity contribution in [2.24, 2.45) is 0 Å². The molecule has 1 aromatic carbocycles. The molecule has 2 N–H and O–H groups in total. The van der Waals surface area contributed by atoms with Crippen molar-refractivity contribution in [2.75, 3.05) is 6.61 Å². The van der Waals surface area contributed by atoms with Crippen LogP contribution in [0.1, 0.15) is 93.9 Å². The normalized spacial score (nSPS) is 17.2. The number of aliphatic hydroxyl groups excluding tert-OH is 1. The summed E-state index contributed by atoms with van der Waals surface area (Å²) in [5, 5.41) is 20.8. The first-order valence-electron chi connectivity index (χ1n) is 15.0. The number of fused-ring (bicyclic) bond motifs is 5. The van der Waals surface area contributed by atoms with Crippen LogP contribution in [0, 0.1) is 0 Å². The highest BCUT2D eigenvalue weighted by Crippen LogP contribution is 2.40. The molecular formula is C33H38N2O7. The summed E-state index contributed by atoms with van der Waals surface area (Å²) in [5.74, 6) is -0.182. The minimum Gasteiger partial charge on any atom is -0.426 e. The molecule has 1 atom stereocenters. The zero-order valence-corrected chi connectivity index (χ0v) is 24.3. The summed E-state index contributed by atoms with van der Waals surface area (Å²) < 4.78 is 7.46. The van der Waals surface area contributed by atoms with Crippen LogP contribution in [0.3, 0.4) is 0 Å². The second kappa shape index (κ2) is 12.3. The molecule has 0 saturated carbocycles. The zero-order valence-electron chi connectivity index (χ0n) is 24.3. The Morgan fingerprint density at radius 2 is 1.76 bits per heavy atom. The second-order valence-corrected chi connectivity index (χ2v) is 11.3. The molecule has 2 aromatic heterocycles. The standard InChI is InChI=1S/C33H38N2O7/c1-3-22-24-16-20-18-35-27(17-25-23(32(35)40)12-15-29(38)33(25,41)4-2)31(20)34-26(24)13-14-28(22)42-30(39)11-9-7-5-6-8-10-21(37)19-36/h13-14,16-17,36,41H,3-12,15,18-19H2,1-2H3/t33-/m0/s1. The number of benzene rings is 1. The van der Waals surface area contributed by atoms with E-state index in [1.165, 1.54) is 0 Å². The maximum atomic E-state index is 13.5. The number of nitrogens with zero attached hydrogens (tertiary/aromatic N) is 2. The molecule has 0 bridgehead atoms. The number of Topliss-reactive ketones (excluding diaryl/α,β-unsaturated/α-hetero) is 2. The highest BCUT2D eigenvalue weighted by atomic mass is 16.5. The summed E-state index contributed by atoms with van der Waals surface area (Å²) in [4.78, 5) is 54.9. The fraction of sp³-hybridized carbons (Fsp3) is 0.485. The van der Waals surface area contributed by atoms with Gasteiger partial charge in [-0.05, 0) is 56.4 Å². The number of aliphatic hydroxyl groups is 2. The van der Waals surface area contributed by atoms with Gasteiger partial charge in [-0.25, -0.2) is 4.98 Å². The fourth-order valence-electron chi connectivity index (χ4n) is 6.31. The number of rotatable bonds is 12. The highest BCUT2D eigenvalue weighted by molar-refractivity contribution is 5.92. The van der Waals surface area contributed by atoms with Crippen LogP contribution >= 0.6 is 0 Å². The van der Waals surface area contributed by atoms with Gasteiger partial charge >= 0.3 is 5.97 Å². The van der Waals surface area contributed by atoms with Crippen molar-refractivity contribution < 1.29 is 29.3 Å². The number of aromatic nitrogens is 2. The first-order valence-corrected chi connectivity index (χ1v) is 15.0. The second-order valence-electron chi connectivity index (χ2n) is 11.3. The summed E-state index contributed by atoms with van der Waals surface area (Å²) in [6.07, 6.45) is 6.12. The third-order valence-corrected chi connectivity index (χ3v) is 8.73. The number of aryl methyl sites for hydroxylation is 1. The number of esters is 1. The average molecular weight is 575 g/mol. The summed E-state index contributed by atoms with van der Waals surface area (Å²) in [6.45, 7) is 3.69. The lowest BCUT2D eigenvalue weighted by Crippen LogP contribution is -2.43. The number of carbonyl (C=O) groups is 3. The van der Waals surface area contributed by atoms with Gasteiger partial charge < -0.3 is 19.5 Å². The van der Waals surface area contributed by atoms with Crippen LogP contribution in [0.4, 0.5) is 0 Å². The molecule has 0 amide bonds. The molecule has 5 rings (SSSR count). The zero-order chi connectivity index (χ0) is 30.0. The molecule has 0 fully saturated rings. The minimum absolute atomic E-state index is 0.138. The van der Waals surface area contributed by atoms with E-state index in [1.54, 1.807) is 23.6 Å². The van der Waals surface area contributed by atoms with E-state index in [9.17, 15) is 24.3 Å². The number of hydrogen-bond acceptors (Lipinski definition) is 8. The Hall–Kier alpha value is -3.69. The van der Waals surface area contributed by atoms with Gasteiger partial charge in [0.25, 0.3) is 5.56 Å². The molecular weight excluding hydrogens is 536 g/mol. The molecule has 3 heterocycles. The number of pyridine rings is 2. The van der Waals surface area contributed by atoms with E-state index < -0.39 is 12.2 Å². The lowest BCUT2D eigenvalue weighted by molar-refractivity contribution is -0.140. The van der Waals surface area contributed by atoms with Crippen molar-refractivity contribution in [2.45, 2.75) is 96.6 Å². The van der Waals surface area contributed by atoms with Crippen LogP contribution < -0.4 is 10.3 Å². The smallest absolute Gasteiger partial charge is 0.311 e. The third kappa shape index (κ3) is 5.43. The van der Waals surface area contributed by atoms with Crippen molar-refractivity contribution in [1.29, 1.82) is 0 Å². The molecule has 0 spiro atoms. The quantitative estimate of drug-likeness (QED) is 0.145. The molecule has 2 aliphatic rings. The van der Waals surface area contributed by atoms with Crippen LogP contribution in [0.5, 0.6) is 5.75 Å². The van der Waals surface area contributed by atoms with Gasteiger partial charge in [0.05, 0.1) is 23.4 Å². The summed E-state index contributed by atoms with van der Waals surface area (Å²) in [6, 6.07) is 7.36. The van der Waals surface area contributed by atoms with Crippen LogP contribution in [-0.4, -0.2) is 43.9 Å². The molecule has 222 valence electrons. The van der Waals surface area contributed by atoms with Crippen molar-refractivity contribution in [3.63, 3.8) is 0 Å². The number of carbonyl (C=O) groups excluding carboxylic acids is 3.